The van der Waals surface area contributed by atoms with Crippen molar-refractivity contribution >= 4 is 16.0 Å². The van der Waals surface area contributed by atoms with Gasteiger partial charge in [0.25, 0.3) is 0 Å². The normalized spacial score (nSPS) is 21.2. The minimum Gasteiger partial charge on any atom is -0.379 e. The number of ether oxygens (including phenoxy) is 1. The van der Waals surface area contributed by atoms with E-state index in [0.717, 1.165) is 38.8 Å². The third-order valence-corrected chi connectivity index (χ3v) is 7.53. The van der Waals surface area contributed by atoms with Gasteiger partial charge in [0, 0.05) is 65.0 Å². The Morgan fingerprint density at radius 3 is 2.47 bits per heavy atom. The molecule has 0 saturated carbocycles. The van der Waals surface area contributed by atoms with Crippen LogP contribution in [0.3, 0.4) is 0 Å². The molecule has 2 saturated heterocycles. The Balaban J connectivity index is 1.52. The molecule has 1 unspecified atom stereocenters. The molecule has 1 aromatic heterocycles. The summed E-state index contributed by atoms with van der Waals surface area (Å²) in [6.07, 6.45) is 1.39. The zero-order valence-electron chi connectivity index (χ0n) is 18.2. The molecule has 170 valence electrons. The Morgan fingerprint density at radius 1 is 1.20 bits per heavy atom. The fourth-order valence-corrected chi connectivity index (χ4v) is 5.42. The van der Waals surface area contributed by atoms with Gasteiger partial charge >= 0.3 is 0 Å². The Kier molecular flexibility index (Phi) is 8.09. The maximum atomic E-state index is 12.6. The van der Waals surface area contributed by atoms with Crippen LogP contribution in [0.2, 0.25) is 0 Å². The topological polar surface area (TPSA) is 104 Å². The SMILES string of the molecule is CN=C(NCC(C(C)C)N1CCOCC1)N1CCN(S(=O)(=O)Cc2ccon2)CC1. The first-order valence-corrected chi connectivity index (χ1v) is 12.2. The smallest absolute Gasteiger partial charge is 0.220 e. The lowest BCUT2D eigenvalue weighted by atomic mass is 10.0. The van der Waals surface area contributed by atoms with Gasteiger partial charge in [-0.25, -0.2) is 8.42 Å². The van der Waals surface area contributed by atoms with E-state index in [9.17, 15) is 8.42 Å². The molecule has 10 nitrogen and oxygen atoms in total. The van der Waals surface area contributed by atoms with Crippen LogP contribution in [0.25, 0.3) is 0 Å². The van der Waals surface area contributed by atoms with Gasteiger partial charge in [0.15, 0.2) is 5.96 Å². The van der Waals surface area contributed by atoms with Crippen LogP contribution in [0.4, 0.5) is 0 Å². The lowest BCUT2D eigenvalue weighted by molar-refractivity contribution is 0.00737. The lowest BCUT2D eigenvalue weighted by Gasteiger charge is -2.39. The number of aliphatic imine (C=N–C) groups is 1. The molecule has 1 N–H and O–H groups in total. The molecule has 0 bridgehead atoms. The van der Waals surface area contributed by atoms with Crippen molar-refractivity contribution in [1.29, 1.82) is 0 Å². The first kappa shape index (κ1) is 23.0. The van der Waals surface area contributed by atoms with Crippen molar-refractivity contribution in [2.24, 2.45) is 10.9 Å². The maximum Gasteiger partial charge on any atom is 0.220 e. The van der Waals surface area contributed by atoms with E-state index in [1.807, 2.05) is 0 Å². The van der Waals surface area contributed by atoms with Crippen molar-refractivity contribution < 1.29 is 17.7 Å². The predicted molar refractivity (Wildman–Crippen MR) is 115 cm³/mol. The average Bonchev–Trinajstić information content (AvgIpc) is 3.24. The van der Waals surface area contributed by atoms with Gasteiger partial charge in [0.05, 0.1) is 18.9 Å². The zero-order valence-corrected chi connectivity index (χ0v) is 19.0. The van der Waals surface area contributed by atoms with Crippen LogP contribution in [0.15, 0.2) is 21.8 Å². The first-order valence-electron chi connectivity index (χ1n) is 10.5. The molecule has 0 amide bonds. The average molecular weight is 443 g/mol. The Hall–Kier alpha value is -1.69. The second-order valence-corrected chi connectivity index (χ2v) is 9.99. The van der Waals surface area contributed by atoms with Gasteiger partial charge < -0.3 is 19.5 Å². The predicted octanol–water partition coefficient (Wildman–Crippen LogP) is 0.0542. The van der Waals surface area contributed by atoms with Gasteiger partial charge in [-0.3, -0.25) is 9.89 Å². The molecule has 30 heavy (non-hydrogen) atoms. The molecular weight excluding hydrogens is 408 g/mol. The van der Waals surface area contributed by atoms with E-state index in [1.54, 1.807) is 13.1 Å². The van der Waals surface area contributed by atoms with Crippen LogP contribution in [0, 0.1) is 5.92 Å². The summed E-state index contributed by atoms with van der Waals surface area (Å²) in [6.45, 7) is 10.8. The van der Waals surface area contributed by atoms with E-state index in [0.29, 0.717) is 43.8 Å². The molecule has 0 spiro atoms. The van der Waals surface area contributed by atoms with Crippen molar-refractivity contribution in [1.82, 2.24) is 24.6 Å². The van der Waals surface area contributed by atoms with Crippen molar-refractivity contribution in [2.75, 3.05) is 66.1 Å². The summed E-state index contributed by atoms with van der Waals surface area (Å²) < 4.78 is 37.0. The van der Waals surface area contributed by atoms with E-state index in [4.69, 9.17) is 9.26 Å². The summed E-state index contributed by atoms with van der Waals surface area (Å²) in [5.41, 5.74) is 0.428. The third-order valence-electron chi connectivity index (χ3n) is 5.72. The van der Waals surface area contributed by atoms with Gasteiger partial charge in [-0.05, 0) is 5.92 Å². The number of rotatable bonds is 7. The van der Waals surface area contributed by atoms with Gasteiger partial charge in [-0.15, -0.1) is 0 Å². The van der Waals surface area contributed by atoms with Crippen molar-refractivity contribution in [3.63, 3.8) is 0 Å². The Bertz CT molecular complexity index is 769. The molecule has 2 fully saturated rings. The summed E-state index contributed by atoms with van der Waals surface area (Å²) >= 11 is 0. The van der Waals surface area contributed by atoms with Crippen LogP contribution >= 0.6 is 0 Å². The van der Waals surface area contributed by atoms with Gasteiger partial charge in [-0.1, -0.05) is 19.0 Å². The zero-order chi connectivity index (χ0) is 21.6. The first-order chi connectivity index (χ1) is 14.4. The lowest BCUT2D eigenvalue weighted by Crippen LogP contribution is -2.56. The Labute approximate surface area is 179 Å². The van der Waals surface area contributed by atoms with E-state index in [1.165, 1.54) is 10.6 Å². The number of piperazine rings is 1. The van der Waals surface area contributed by atoms with Crippen molar-refractivity contribution in [2.45, 2.75) is 25.6 Å². The van der Waals surface area contributed by atoms with Gasteiger partial charge in [0.1, 0.15) is 12.0 Å². The molecule has 1 aromatic rings. The van der Waals surface area contributed by atoms with E-state index in [2.05, 4.69) is 39.1 Å². The molecule has 1 atom stereocenters. The molecule has 0 aromatic carbocycles. The largest absolute Gasteiger partial charge is 0.379 e. The van der Waals surface area contributed by atoms with Crippen LogP contribution in [0.5, 0.6) is 0 Å². The summed E-state index contributed by atoms with van der Waals surface area (Å²) in [5, 5.41) is 7.22. The molecule has 0 aliphatic carbocycles. The van der Waals surface area contributed by atoms with Gasteiger partial charge in [-0.2, -0.15) is 4.31 Å². The van der Waals surface area contributed by atoms with E-state index < -0.39 is 10.0 Å². The van der Waals surface area contributed by atoms with Crippen LogP contribution in [-0.2, 0) is 20.5 Å². The number of nitrogens with zero attached hydrogens (tertiary/aromatic N) is 5. The number of hydrogen-bond acceptors (Lipinski definition) is 7. The minimum atomic E-state index is -3.41. The number of aromatic nitrogens is 1. The summed E-state index contributed by atoms with van der Waals surface area (Å²) in [5.74, 6) is 1.20. The highest BCUT2D eigenvalue weighted by molar-refractivity contribution is 7.88. The van der Waals surface area contributed by atoms with Crippen LogP contribution in [0.1, 0.15) is 19.5 Å². The van der Waals surface area contributed by atoms with Gasteiger partial charge in [0.2, 0.25) is 10.0 Å². The highest BCUT2D eigenvalue weighted by Crippen LogP contribution is 2.14. The molecule has 3 heterocycles. The number of nitrogens with one attached hydrogen (secondary N) is 1. The van der Waals surface area contributed by atoms with Crippen molar-refractivity contribution in [3.05, 3.63) is 18.0 Å². The number of hydrogen-bond donors (Lipinski definition) is 1. The highest BCUT2D eigenvalue weighted by Gasteiger charge is 2.30. The fourth-order valence-electron chi connectivity index (χ4n) is 3.99. The van der Waals surface area contributed by atoms with Crippen LogP contribution < -0.4 is 5.32 Å². The summed E-state index contributed by atoms with van der Waals surface area (Å²) in [6, 6.07) is 1.98. The van der Waals surface area contributed by atoms with E-state index in [-0.39, 0.29) is 5.75 Å². The van der Waals surface area contributed by atoms with E-state index >= 15 is 0 Å². The monoisotopic (exact) mass is 442 g/mol. The molecule has 11 heteroatoms. The Morgan fingerprint density at radius 2 is 1.90 bits per heavy atom. The third kappa shape index (κ3) is 5.93. The van der Waals surface area contributed by atoms with Crippen molar-refractivity contribution in [3.8, 4) is 0 Å². The quantitative estimate of drug-likeness (QED) is 0.467. The fraction of sp³-hybridized carbons (Fsp3) is 0.789. The highest BCUT2D eigenvalue weighted by atomic mass is 32.2. The maximum absolute atomic E-state index is 12.6. The van der Waals surface area contributed by atoms with Crippen LogP contribution in [-0.4, -0.2) is 106 Å². The number of guanidine groups is 1. The minimum absolute atomic E-state index is 0.133. The standard InChI is InChI=1S/C19H34N6O4S/c1-16(2)18(23-9-12-28-13-10-23)14-21-19(20-3)24-5-7-25(8-6-24)30(26,27)15-17-4-11-29-22-17/h4,11,16,18H,5-10,12-15H2,1-3H3,(H,20,21). The molecule has 3 rings (SSSR count). The molecule has 2 aliphatic rings. The number of morpholine rings is 1. The molecule has 2 aliphatic heterocycles. The molecule has 0 radical (unpaired) electrons. The summed E-state index contributed by atoms with van der Waals surface area (Å²) in [7, 11) is -1.64. The number of sulfonamides is 1. The molecular formula is C19H34N6O4S. The second-order valence-electron chi connectivity index (χ2n) is 8.02. The second kappa shape index (κ2) is 10.6. The summed E-state index contributed by atoms with van der Waals surface area (Å²) in [4.78, 5) is 9.03.